The molecule has 0 radical (unpaired) electrons. The Bertz CT molecular complexity index is 775. The molecule has 0 N–H and O–H groups in total. The predicted octanol–water partition coefficient (Wildman–Crippen LogP) is 4.40. The summed E-state index contributed by atoms with van der Waals surface area (Å²) in [7, 11) is 1.68. The first-order chi connectivity index (χ1) is 11.7. The first-order valence-electron chi connectivity index (χ1n) is 8.53. The summed E-state index contributed by atoms with van der Waals surface area (Å²) in [4.78, 5) is 17.6. The number of nitrogens with zero attached hydrogens (tertiary/aromatic N) is 2. The van der Waals surface area contributed by atoms with Crippen molar-refractivity contribution in [3.63, 3.8) is 0 Å². The van der Waals surface area contributed by atoms with E-state index in [-0.39, 0.29) is 5.91 Å². The van der Waals surface area contributed by atoms with E-state index >= 15 is 0 Å². The predicted molar refractivity (Wildman–Crippen MR) is 98.5 cm³/mol. The molecule has 3 rings (SSSR count). The Kier molecular flexibility index (Phi) is 6.09. The molecule has 1 fully saturated rings. The van der Waals surface area contributed by atoms with Gasteiger partial charge in [0.1, 0.15) is 0 Å². The summed E-state index contributed by atoms with van der Waals surface area (Å²) in [5, 5.41) is 0.697. The second-order valence-electron chi connectivity index (χ2n) is 6.35. The van der Waals surface area contributed by atoms with Gasteiger partial charge >= 0.3 is 0 Å². The van der Waals surface area contributed by atoms with E-state index in [1.54, 1.807) is 7.11 Å². The zero-order chi connectivity index (χ0) is 16.9. The maximum atomic E-state index is 12.4. The van der Waals surface area contributed by atoms with Crippen LogP contribution in [0.2, 0.25) is 5.02 Å². The monoisotopic (exact) mass is 366 g/mol. The van der Waals surface area contributed by atoms with E-state index in [2.05, 4.69) is 9.56 Å². The highest BCUT2D eigenvalue weighted by Gasteiger charge is 2.17. The van der Waals surface area contributed by atoms with Crippen molar-refractivity contribution in [3.05, 3.63) is 28.0 Å². The Morgan fingerprint density at radius 3 is 2.92 bits per heavy atom. The van der Waals surface area contributed by atoms with E-state index in [1.165, 1.54) is 30.6 Å². The molecule has 1 aromatic carbocycles. The van der Waals surface area contributed by atoms with E-state index in [9.17, 15) is 4.79 Å². The topological polar surface area (TPSA) is 43.6 Å². The molecule has 1 aliphatic rings. The number of benzene rings is 1. The van der Waals surface area contributed by atoms with E-state index in [0.29, 0.717) is 30.5 Å². The summed E-state index contributed by atoms with van der Waals surface area (Å²) >= 11 is 7.61. The summed E-state index contributed by atoms with van der Waals surface area (Å²) in [6.07, 6.45) is 6.68. The molecule has 0 saturated heterocycles. The third-order valence-corrected chi connectivity index (χ3v) is 5.85. The minimum absolute atomic E-state index is 0.00859. The number of aromatic nitrogens is 1. The van der Waals surface area contributed by atoms with E-state index < -0.39 is 0 Å². The summed E-state index contributed by atoms with van der Waals surface area (Å²) < 4.78 is 8.30. The number of hydrogen-bond acceptors (Lipinski definition) is 3. The fourth-order valence-corrected chi connectivity index (χ4v) is 4.67. The number of carbonyl (C=O) groups is 1. The minimum atomic E-state index is -0.00859. The number of halogens is 1. The molecule has 0 atom stereocenters. The Morgan fingerprint density at radius 2 is 2.17 bits per heavy atom. The van der Waals surface area contributed by atoms with Crippen LogP contribution in [0.15, 0.2) is 23.2 Å². The van der Waals surface area contributed by atoms with Crippen molar-refractivity contribution in [1.29, 1.82) is 0 Å². The van der Waals surface area contributed by atoms with Gasteiger partial charge in [-0.25, -0.2) is 0 Å². The highest BCUT2D eigenvalue weighted by atomic mass is 35.5. The largest absolute Gasteiger partial charge is 0.383 e. The lowest BCUT2D eigenvalue weighted by Gasteiger charge is -2.19. The van der Waals surface area contributed by atoms with Crippen LogP contribution in [0.5, 0.6) is 0 Å². The van der Waals surface area contributed by atoms with Gasteiger partial charge in [-0.15, -0.1) is 0 Å². The molecule has 130 valence electrons. The SMILES string of the molecule is COCCn1c(=NC(=O)CC2CCCCC2)sc2cc(Cl)ccc21. The van der Waals surface area contributed by atoms with Crippen molar-refractivity contribution in [2.24, 2.45) is 10.9 Å². The van der Waals surface area contributed by atoms with Crippen LogP contribution < -0.4 is 4.80 Å². The zero-order valence-electron chi connectivity index (χ0n) is 14.0. The first-order valence-corrected chi connectivity index (χ1v) is 9.72. The second-order valence-corrected chi connectivity index (χ2v) is 7.80. The van der Waals surface area contributed by atoms with Crippen LogP contribution in [-0.2, 0) is 16.1 Å². The standard InChI is InChI=1S/C18H23ClN2O2S/c1-23-10-9-21-15-8-7-14(19)12-16(15)24-18(21)20-17(22)11-13-5-3-2-4-6-13/h7-8,12-13H,2-6,9-11H2,1H3. The van der Waals surface area contributed by atoms with Gasteiger partial charge in [-0.1, -0.05) is 42.2 Å². The zero-order valence-corrected chi connectivity index (χ0v) is 15.5. The van der Waals surface area contributed by atoms with Gasteiger partial charge in [-0.05, 0) is 37.0 Å². The van der Waals surface area contributed by atoms with Crippen LogP contribution in [0.25, 0.3) is 10.2 Å². The summed E-state index contributed by atoms with van der Waals surface area (Å²) in [6, 6.07) is 5.78. The van der Waals surface area contributed by atoms with E-state index in [0.717, 1.165) is 27.9 Å². The molecular formula is C18H23ClN2O2S. The molecule has 1 aliphatic carbocycles. The fourth-order valence-electron chi connectivity index (χ4n) is 3.32. The van der Waals surface area contributed by atoms with E-state index in [4.69, 9.17) is 16.3 Å². The highest BCUT2D eigenvalue weighted by molar-refractivity contribution is 7.16. The Balaban J connectivity index is 1.89. The molecule has 2 aromatic rings. The number of amides is 1. The van der Waals surface area contributed by atoms with Crippen molar-refractivity contribution in [1.82, 2.24) is 4.57 Å². The van der Waals surface area contributed by atoms with Crippen LogP contribution in [-0.4, -0.2) is 24.2 Å². The van der Waals surface area contributed by atoms with Gasteiger partial charge in [0.2, 0.25) is 5.91 Å². The number of hydrogen-bond donors (Lipinski definition) is 0. The minimum Gasteiger partial charge on any atom is -0.383 e. The Labute approximate surface area is 151 Å². The van der Waals surface area contributed by atoms with Gasteiger partial charge in [0, 0.05) is 25.1 Å². The smallest absolute Gasteiger partial charge is 0.248 e. The number of rotatable bonds is 5. The lowest BCUT2D eigenvalue weighted by molar-refractivity contribution is -0.119. The normalized spacial score (nSPS) is 16.8. The van der Waals surface area contributed by atoms with Crippen LogP contribution in [0.1, 0.15) is 38.5 Å². The molecular weight excluding hydrogens is 344 g/mol. The van der Waals surface area contributed by atoms with Gasteiger partial charge in [-0.2, -0.15) is 4.99 Å². The molecule has 1 heterocycles. The lowest BCUT2D eigenvalue weighted by Crippen LogP contribution is -2.20. The average molecular weight is 367 g/mol. The number of fused-ring (bicyclic) bond motifs is 1. The molecule has 1 saturated carbocycles. The van der Waals surface area contributed by atoms with E-state index in [1.807, 2.05) is 18.2 Å². The summed E-state index contributed by atoms with van der Waals surface area (Å²) in [6.45, 7) is 1.26. The molecule has 0 bridgehead atoms. The summed E-state index contributed by atoms with van der Waals surface area (Å²) in [5.41, 5.74) is 1.05. The van der Waals surface area contributed by atoms with Gasteiger partial charge in [0.25, 0.3) is 0 Å². The number of ether oxygens (including phenoxy) is 1. The fraction of sp³-hybridized carbons (Fsp3) is 0.556. The second kappa shape index (κ2) is 8.28. The summed E-state index contributed by atoms with van der Waals surface area (Å²) in [5.74, 6) is 0.497. The van der Waals surface area contributed by atoms with Gasteiger partial charge in [0.05, 0.1) is 16.8 Å². The molecule has 1 aromatic heterocycles. The van der Waals surface area contributed by atoms with Gasteiger partial charge in [-0.3, -0.25) is 4.79 Å². The molecule has 0 spiro atoms. The van der Waals surface area contributed by atoms with Crippen LogP contribution >= 0.6 is 22.9 Å². The van der Waals surface area contributed by atoms with Crippen molar-refractivity contribution < 1.29 is 9.53 Å². The molecule has 1 amide bonds. The van der Waals surface area contributed by atoms with Crippen molar-refractivity contribution in [2.45, 2.75) is 45.1 Å². The first kappa shape index (κ1) is 17.6. The Hall–Kier alpha value is -1.17. The number of thiazole rings is 1. The molecule has 0 aliphatic heterocycles. The molecule has 6 heteroatoms. The molecule has 24 heavy (non-hydrogen) atoms. The Morgan fingerprint density at radius 1 is 1.38 bits per heavy atom. The molecule has 0 unspecified atom stereocenters. The van der Waals surface area contributed by atoms with Crippen LogP contribution in [0.4, 0.5) is 0 Å². The highest BCUT2D eigenvalue weighted by Crippen LogP contribution is 2.26. The van der Waals surface area contributed by atoms with Crippen LogP contribution in [0, 0.1) is 5.92 Å². The molecule has 4 nitrogen and oxygen atoms in total. The van der Waals surface area contributed by atoms with Crippen molar-refractivity contribution in [2.75, 3.05) is 13.7 Å². The third-order valence-electron chi connectivity index (χ3n) is 4.57. The average Bonchev–Trinajstić information content (AvgIpc) is 2.89. The van der Waals surface area contributed by atoms with Crippen molar-refractivity contribution in [3.8, 4) is 0 Å². The lowest BCUT2D eigenvalue weighted by atomic mass is 9.87. The third kappa shape index (κ3) is 4.26. The number of methoxy groups -OCH3 is 1. The number of carbonyl (C=O) groups excluding carboxylic acids is 1. The van der Waals surface area contributed by atoms with Crippen LogP contribution in [0.3, 0.4) is 0 Å². The van der Waals surface area contributed by atoms with Crippen molar-refractivity contribution >= 4 is 39.1 Å². The van der Waals surface area contributed by atoms with Gasteiger partial charge in [0.15, 0.2) is 4.80 Å². The quantitative estimate of drug-likeness (QED) is 0.787. The van der Waals surface area contributed by atoms with Gasteiger partial charge < -0.3 is 9.30 Å². The maximum absolute atomic E-state index is 12.4. The maximum Gasteiger partial charge on any atom is 0.248 e.